The molecule has 1 aromatic rings. The summed E-state index contributed by atoms with van der Waals surface area (Å²) in [5.74, 6) is 0.681. The lowest BCUT2D eigenvalue weighted by Crippen LogP contribution is -2.30. The molecule has 19 heavy (non-hydrogen) atoms. The fourth-order valence-electron chi connectivity index (χ4n) is 2.33. The zero-order chi connectivity index (χ0) is 13.8. The number of carbonyl (C=O) groups is 1. The van der Waals surface area contributed by atoms with Crippen LogP contribution in [0.1, 0.15) is 50.3 Å². The van der Waals surface area contributed by atoms with Crippen LogP contribution in [0, 0.1) is 12.8 Å². The van der Waals surface area contributed by atoms with E-state index in [0.717, 1.165) is 12.0 Å². The van der Waals surface area contributed by atoms with Crippen LogP contribution in [0.15, 0.2) is 35.9 Å². The largest absolute Gasteiger partial charge is 0.345 e. The molecular weight excluding hydrogens is 234 g/mol. The fourth-order valence-corrected chi connectivity index (χ4v) is 2.33. The Labute approximate surface area is 115 Å². The van der Waals surface area contributed by atoms with Crippen LogP contribution < -0.4 is 5.32 Å². The number of benzene rings is 1. The molecule has 2 nitrogen and oxygen atoms in total. The third-order valence-corrected chi connectivity index (χ3v) is 3.68. The maximum atomic E-state index is 12.1. The van der Waals surface area contributed by atoms with Gasteiger partial charge in [0.1, 0.15) is 0 Å². The van der Waals surface area contributed by atoms with Gasteiger partial charge in [0, 0.05) is 5.57 Å². The maximum Gasteiger partial charge on any atom is 0.247 e. The van der Waals surface area contributed by atoms with Crippen LogP contribution in [0.4, 0.5) is 0 Å². The molecule has 0 heterocycles. The van der Waals surface area contributed by atoms with E-state index in [0.29, 0.717) is 5.92 Å². The van der Waals surface area contributed by atoms with E-state index in [1.807, 2.05) is 13.0 Å². The van der Waals surface area contributed by atoms with Crippen LogP contribution in [0.25, 0.3) is 0 Å². The molecule has 1 aromatic carbocycles. The van der Waals surface area contributed by atoms with Gasteiger partial charge < -0.3 is 5.32 Å². The van der Waals surface area contributed by atoms with E-state index in [1.54, 1.807) is 0 Å². The molecule has 0 aliphatic heterocycles. The zero-order valence-electron chi connectivity index (χ0n) is 12.1. The predicted octanol–water partition coefficient (Wildman–Crippen LogP) is 3.92. The van der Waals surface area contributed by atoms with Gasteiger partial charge in [-0.25, -0.2) is 0 Å². The normalized spacial score (nSPS) is 17.1. The summed E-state index contributed by atoms with van der Waals surface area (Å²) in [6.45, 7) is 6.02. The Hall–Kier alpha value is -1.57. The highest BCUT2D eigenvalue weighted by atomic mass is 16.1. The summed E-state index contributed by atoms with van der Waals surface area (Å²) in [5, 5.41) is 3.19. The Morgan fingerprint density at radius 2 is 2.00 bits per heavy atom. The highest BCUT2D eigenvalue weighted by Gasteiger charge is 2.33. The van der Waals surface area contributed by atoms with E-state index in [1.165, 1.54) is 24.0 Å². The lowest BCUT2D eigenvalue weighted by molar-refractivity contribution is -0.118. The van der Waals surface area contributed by atoms with Crippen molar-refractivity contribution in [3.63, 3.8) is 0 Å². The number of aryl methyl sites for hydroxylation is 1. The minimum atomic E-state index is 0.0688. The number of nitrogens with one attached hydrogen (secondary N) is 1. The summed E-state index contributed by atoms with van der Waals surface area (Å²) in [7, 11) is 0. The van der Waals surface area contributed by atoms with Crippen molar-refractivity contribution in [1.82, 2.24) is 5.32 Å². The molecule has 1 aliphatic carbocycles. The van der Waals surface area contributed by atoms with E-state index < -0.39 is 0 Å². The molecule has 1 amide bonds. The standard InChI is InChI=1S/C17H23NO/c1-4-5-13(3)17(19)18-16(15-10-11-15)14-8-6-12(2)7-9-14/h5-9,15-16H,4,10-11H2,1-3H3,(H,18,19). The van der Waals surface area contributed by atoms with Crippen molar-refractivity contribution in [2.24, 2.45) is 5.92 Å². The second-order valence-electron chi connectivity index (χ2n) is 5.49. The molecule has 1 saturated carbocycles. The number of hydrogen-bond acceptors (Lipinski definition) is 1. The lowest BCUT2D eigenvalue weighted by Gasteiger charge is -2.19. The number of carbonyl (C=O) groups excluding carboxylic acids is 1. The molecule has 2 rings (SSSR count). The van der Waals surface area contributed by atoms with Gasteiger partial charge in [0.05, 0.1) is 6.04 Å². The second kappa shape index (κ2) is 6.05. The molecule has 2 heteroatoms. The van der Waals surface area contributed by atoms with Crippen molar-refractivity contribution in [2.75, 3.05) is 0 Å². The van der Waals surface area contributed by atoms with Crippen molar-refractivity contribution in [3.8, 4) is 0 Å². The number of amides is 1. The van der Waals surface area contributed by atoms with Gasteiger partial charge in [-0.3, -0.25) is 4.79 Å². The highest BCUT2D eigenvalue weighted by molar-refractivity contribution is 5.93. The maximum absolute atomic E-state index is 12.1. The van der Waals surface area contributed by atoms with Crippen LogP contribution in [-0.2, 0) is 4.79 Å². The van der Waals surface area contributed by atoms with Gasteiger partial charge in [-0.1, -0.05) is 42.8 Å². The molecule has 1 aliphatic rings. The highest BCUT2D eigenvalue weighted by Crippen LogP contribution is 2.41. The summed E-state index contributed by atoms with van der Waals surface area (Å²) >= 11 is 0. The first kappa shape index (κ1) is 13.9. The van der Waals surface area contributed by atoms with Gasteiger partial charge in [0.15, 0.2) is 0 Å². The second-order valence-corrected chi connectivity index (χ2v) is 5.49. The van der Waals surface area contributed by atoms with Gasteiger partial charge >= 0.3 is 0 Å². The first-order chi connectivity index (χ1) is 9.11. The van der Waals surface area contributed by atoms with Crippen molar-refractivity contribution < 1.29 is 4.79 Å². The lowest BCUT2D eigenvalue weighted by atomic mass is 10.0. The van der Waals surface area contributed by atoms with Gasteiger partial charge in [-0.05, 0) is 44.6 Å². The zero-order valence-corrected chi connectivity index (χ0v) is 12.1. The van der Waals surface area contributed by atoms with Gasteiger partial charge in [-0.2, -0.15) is 0 Å². The Bertz CT molecular complexity index is 469. The van der Waals surface area contributed by atoms with E-state index >= 15 is 0 Å². The van der Waals surface area contributed by atoms with Crippen LogP contribution in [0.3, 0.4) is 0 Å². The Balaban J connectivity index is 2.11. The number of hydrogen-bond donors (Lipinski definition) is 1. The molecule has 1 unspecified atom stereocenters. The SMILES string of the molecule is CCC=C(C)C(=O)NC(c1ccc(C)cc1)C1CC1. The summed E-state index contributed by atoms with van der Waals surface area (Å²) in [6.07, 6.45) is 5.32. The Kier molecular flexibility index (Phi) is 4.41. The fraction of sp³-hybridized carbons (Fsp3) is 0.471. The summed E-state index contributed by atoms with van der Waals surface area (Å²) < 4.78 is 0. The predicted molar refractivity (Wildman–Crippen MR) is 78.8 cm³/mol. The third-order valence-electron chi connectivity index (χ3n) is 3.68. The average molecular weight is 257 g/mol. The molecule has 0 saturated heterocycles. The van der Waals surface area contributed by atoms with Crippen LogP contribution in [0.5, 0.6) is 0 Å². The monoisotopic (exact) mass is 257 g/mol. The van der Waals surface area contributed by atoms with Crippen LogP contribution in [-0.4, -0.2) is 5.91 Å². The minimum Gasteiger partial charge on any atom is -0.345 e. The Morgan fingerprint density at radius 1 is 1.37 bits per heavy atom. The third kappa shape index (κ3) is 3.69. The molecule has 1 fully saturated rings. The summed E-state index contributed by atoms with van der Waals surface area (Å²) in [5.41, 5.74) is 3.30. The van der Waals surface area contributed by atoms with E-state index in [4.69, 9.17) is 0 Å². The molecule has 0 bridgehead atoms. The summed E-state index contributed by atoms with van der Waals surface area (Å²) in [4.78, 5) is 12.1. The van der Waals surface area contributed by atoms with Crippen molar-refractivity contribution in [1.29, 1.82) is 0 Å². The molecule has 0 aromatic heterocycles. The van der Waals surface area contributed by atoms with E-state index in [9.17, 15) is 4.79 Å². The van der Waals surface area contributed by atoms with Crippen LogP contribution >= 0.6 is 0 Å². The topological polar surface area (TPSA) is 29.1 Å². The smallest absolute Gasteiger partial charge is 0.247 e. The molecule has 1 N–H and O–H groups in total. The van der Waals surface area contributed by atoms with Crippen molar-refractivity contribution >= 4 is 5.91 Å². The first-order valence-electron chi connectivity index (χ1n) is 7.16. The van der Waals surface area contributed by atoms with Gasteiger partial charge in [0.2, 0.25) is 5.91 Å². The van der Waals surface area contributed by atoms with E-state index in [-0.39, 0.29) is 11.9 Å². The Morgan fingerprint density at radius 3 is 2.53 bits per heavy atom. The average Bonchev–Trinajstić information content (AvgIpc) is 3.21. The number of allylic oxidation sites excluding steroid dienone is 1. The number of rotatable bonds is 5. The van der Waals surface area contributed by atoms with Crippen molar-refractivity contribution in [2.45, 2.75) is 46.1 Å². The molecular formula is C17H23NO. The minimum absolute atomic E-state index is 0.0688. The van der Waals surface area contributed by atoms with Crippen LogP contribution in [0.2, 0.25) is 0 Å². The van der Waals surface area contributed by atoms with Crippen molar-refractivity contribution in [3.05, 3.63) is 47.0 Å². The summed E-state index contributed by atoms with van der Waals surface area (Å²) in [6, 6.07) is 8.68. The van der Waals surface area contributed by atoms with Gasteiger partial charge in [0.25, 0.3) is 0 Å². The van der Waals surface area contributed by atoms with Gasteiger partial charge in [-0.15, -0.1) is 0 Å². The first-order valence-corrected chi connectivity index (χ1v) is 7.16. The molecule has 0 radical (unpaired) electrons. The molecule has 102 valence electrons. The quantitative estimate of drug-likeness (QED) is 0.796. The molecule has 1 atom stereocenters. The van der Waals surface area contributed by atoms with E-state index in [2.05, 4.69) is 43.4 Å². The molecule has 0 spiro atoms.